The van der Waals surface area contributed by atoms with Crippen molar-refractivity contribution in [2.45, 2.75) is 62.6 Å². The molecule has 20 heavy (non-hydrogen) atoms. The number of thioether (sulfide) groups is 1. The SMILES string of the molecule is CC(C)NC(=O)C(C)Sc1nnnn1CCNC1CC1. The van der Waals surface area contributed by atoms with E-state index in [2.05, 4.69) is 26.2 Å². The van der Waals surface area contributed by atoms with Gasteiger partial charge in [0.2, 0.25) is 11.1 Å². The highest BCUT2D eigenvalue weighted by atomic mass is 32.2. The Balaban J connectivity index is 1.81. The molecule has 0 aliphatic heterocycles. The van der Waals surface area contributed by atoms with Crippen molar-refractivity contribution in [2.24, 2.45) is 0 Å². The van der Waals surface area contributed by atoms with Gasteiger partial charge in [0.15, 0.2) is 0 Å². The molecule has 0 spiro atoms. The smallest absolute Gasteiger partial charge is 0.233 e. The summed E-state index contributed by atoms with van der Waals surface area (Å²) in [4.78, 5) is 11.9. The second kappa shape index (κ2) is 7.03. The van der Waals surface area contributed by atoms with Crippen LogP contribution in [-0.2, 0) is 11.3 Å². The molecule has 1 amide bonds. The van der Waals surface area contributed by atoms with Gasteiger partial charge in [-0.15, -0.1) is 5.10 Å². The molecule has 2 N–H and O–H groups in total. The Morgan fingerprint density at radius 3 is 2.85 bits per heavy atom. The molecule has 1 heterocycles. The van der Waals surface area contributed by atoms with E-state index >= 15 is 0 Å². The topological polar surface area (TPSA) is 84.7 Å². The van der Waals surface area contributed by atoms with E-state index in [1.165, 1.54) is 24.6 Å². The zero-order chi connectivity index (χ0) is 14.5. The van der Waals surface area contributed by atoms with Gasteiger partial charge in [-0.1, -0.05) is 11.8 Å². The van der Waals surface area contributed by atoms with Crippen LogP contribution in [0, 0.1) is 0 Å². The summed E-state index contributed by atoms with van der Waals surface area (Å²) < 4.78 is 1.75. The maximum absolute atomic E-state index is 11.9. The van der Waals surface area contributed by atoms with Gasteiger partial charge in [-0.05, 0) is 44.0 Å². The average molecular weight is 298 g/mol. The summed E-state index contributed by atoms with van der Waals surface area (Å²) in [5.74, 6) is 0.00987. The van der Waals surface area contributed by atoms with Crippen molar-refractivity contribution in [1.29, 1.82) is 0 Å². The van der Waals surface area contributed by atoms with Crippen LogP contribution in [0.2, 0.25) is 0 Å². The predicted octanol–water partition coefficient (Wildman–Crippen LogP) is 0.430. The van der Waals surface area contributed by atoms with E-state index < -0.39 is 0 Å². The second-order valence-electron chi connectivity index (χ2n) is 5.34. The average Bonchev–Trinajstić information content (AvgIpc) is 3.09. The van der Waals surface area contributed by atoms with Crippen molar-refractivity contribution in [1.82, 2.24) is 30.8 Å². The lowest BCUT2D eigenvalue weighted by atomic mass is 10.3. The van der Waals surface area contributed by atoms with Gasteiger partial charge in [0.05, 0.1) is 11.8 Å². The number of nitrogens with one attached hydrogen (secondary N) is 2. The molecule has 7 nitrogen and oxygen atoms in total. The number of hydrogen-bond donors (Lipinski definition) is 2. The van der Waals surface area contributed by atoms with Crippen molar-refractivity contribution in [3.8, 4) is 0 Å². The van der Waals surface area contributed by atoms with Crippen LogP contribution in [0.3, 0.4) is 0 Å². The number of nitrogens with zero attached hydrogens (tertiary/aromatic N) is 4. The van der Waals surface area contributed by atoms with Gasteiger partial charge < -0.3 is 10.6 Å². The zero-order valence-electron chi connectivity index (χ0n) is 12.2. The number of tetrazole rings is 1. The summed E-state index contributed by atoms with van der Waals surface area (Å²) in [6.07, 6.45) is 2.53. The number of rotatable bonds is 8. The van der Waals surface area contributed by atoms with Crippen molar-refractivity contribution in [3.63, 3.8) is 0 Å². The highest BCUT2D eigenvalue weighted by molar-refractivity contribution is 8.00. The summed E-state index contributed by atoms with van der Waals surface area (Å²) >= 11 is 1.39. The Morgan fingerprint density at radius 1 is 1.45 bits per heavy atom. The molecule has 1 atom stereocenters. The molecular formula is C12H22N6OS. The maximum Gasteiger partial charge on any atom is 0.233 e. The normalized spacial score (nSPS) is 16.4. The van der Waals surface area contributed by atoms with Crippen LogP contribution in [0.15, 0.2) is 5.16 Å². The van der Waals surface area contributed by atoms with Gasteiger partial charge in [0.1, 0.15) is 0 Å². The molecule has 1 fully saturated rings. The molecule has 0 aromatic carbocycles. The van der Waals surface area contributed by atoms with Crippen LogP contribution >= 0.6 is 11.8 Å². The van der Waals surface area contributed by atoms with Gasteiger partial charge >= 0.3 is 0 Å². The van der Waals surface area contributed by atoms with Gasteiger partial charge in [0, 0.05) is 18.6 Å². The molecule has 1 aliphatic carbocycles. The highest BCUT2D eigenvalue weighted by Crippen LogP contribution is 2.21. The first-order valence-electron chi connectivity index (χ1n) is 7.03. The van der Waals surface area contributed by atoms with Gasteiger partial charge in [-0.3, -0.25) is 4.79 Å². The van der Waals surface area contributed by atoms with E-state index in [1.807, 2.05) is 20.8 Å². The first-order valence-corrected chi connectivity index (χ1v) is 7.91. The number of aromatic nitrogens is 4. The minimum absolute atomic E-state index is 0.00987. The Kier molecular flexibility index (Phi) is 5.36. The van der Waals surface area contributed by atoms with E-state index in [0.717, 1.165) is 13.1 Å². The highest BCUT2D eigenvalue weighted by Gasteiger charge is 2.21. The van der Waals surface area contributed by atoms with Crippen LogP contribution in [0.5, 0.6) is 0 Å². The fourth-order valence-electron chi connectivity index (χ4n) is 1.70. The summed E-state index contributed by atoms with van der Waals surface area (Å²) in [6.45, 7) is 7.34. The van der Waals surface area contributed by atoms with Gasteiger partial charge in [-0.2, -0.15) is 0 Å². The van der Waals surface area contributed by atoms with Crippen LogP contribution in [0.25, 0.3) is 0 Å². The van der Waals surface area contributed by atoms with Crippen LogP contribution in [0.4, 0.5) is 0 Å². The molecule has 1 aromatic heterocycles. The van der Waals surface area contributed by atoms with Crippen molar-refractivity contribution >= 4 is 17.7 Å². The molecule has 2 rings (SSSR count). The quantitative estimate of drug-likeness (QED) is 0.677. The molecule has 1 aliphatic rings. The third-order valence-electron chi connectivity index (χ3n) is 2.92. The maximum atomic E-state index is 11.9. The fourth-order valence-corrected chi connectivity index (χ4v) is 2.52. The lowest BCUT2D eigenvalue weighted by Gasteiger charge is -2.13. The van der Waals surface area contributed by atoms with Crippen molar-refractivity contribution < 1.29 is 4.79 Å². The number of hydrogen-bond acceptors (Lipinski definition) is 6. The van der Waals surface area contributed by atoms with E-state index in [4.69, 9.17) is 0 Å². The number of carbonyl (C=O) groups excluding carboxylic acids is 1. The minimum Gasteiger partial charge on any atom is -0.353 e. The predicted molar refractivity (Wildman–Crippen MR) is 77.4 cm³/mol. The van der Waals surface area contributed by atoms with E-state index in [9.17, 15) is 4.79 Å². The molecule has 0 bridgehead atoms. The third kappa shape index (κ3) is 4.75. The summed E-state index contributed by atoms with van der Waals surface area (Å²) in [5, 5.41) is 18.4. The van der Waals surface area contributed by atoms with Gasteiger partial charge in [-0.25, -0.2) is 4.68 Å². The Hall–Kier alpha value is -1.15. The van der Waals surface area contributed by atoms with E-state index in [-0.39, 0.29) is 17.2 Å². The number of amides is 1. The van der Waals surface area contributed by atoms with E-state index in [0.29, 0.717) is 11.2 Å². The Morgan fingerprint density at radius 2 is 2.20 bits per heavy atom. The molecule has 0 saturated heterocycles. The van der Waals surface area contributed by atoms with Crippen molar-refractivity contribution in [3.05, 3.63) is 0 Å². The molecule has 1 aromatic rings. The summed E-state index contributed by atoms with van der Waals surface area (Å²) in [5.41, 5.74) is 0. The lowest BCUT2D eigenvalue weighted by molar-refractivity contribution is -0.120. The molecule has 1 unspecified atom stereocenters. The number of carbonyl (C=O) groups is 1. The minimum atomic E-state index is -0.210. The summed E-state index contributed by atoms with van der Waals surface area (Å²) in [7, 11) is 0. The van der Waals surface area contributed by atoms with E-state index in [1.54, 1.807) is 4.68 Å². The Bertz CT molecular complexity index is 445. The van der Waals surface area contributed by atoms with Crippen LogP contribution < -0.4 is 10.6 Å². The third-order valence-corrected chi connectivity index (χ3v) is 3.99. The summed E-state index contributed by atoms with van der Waals surface area (Å²) in [6, 6.07) is 0.822. The van der Waals surface area contributed by atoms with Crippen molar-refractivity contribution in [2.75, 3.05) is 6.54 Å². The van der Waals surface area contributed by atoms with Gasteiger partial charge in [0.25, 0.3) is 0 Å². The molecule has 0 radical (unpaired) electrons. The monoisotopic (exact) mass is 298 g/mol. The molecule has 112 valence electrons. The standard InChI is InChI=1S/C12H22N6OS/c1-8(2)14-11(19)9(3)20-12-15-16-17-18(12)7-6-13-10-4-5-10/h8-10,13H,4-7H2,1-3H3,(H,14,19). The molecule has 1 saturated carbocycles. The fraction of sp³-hybridized carbons (Fsp3) is 0.833. The zero-order valence-corrected chi connectivity index (χ0v) is 13.0. The van der Waals surface area contributed by atoms with Crippen LogP contribution in [0.1, 0.15) is 33.6 Å². The van der Waals surface area contributed by atoms with Crippen LogP contribution in [-0.4, -0.2) is 50.0 Å². The molecular weight excluding hydrogens is 276 g/mol. The molecule has 8 heteroatoms. The first-order chi connectivity index (χ1) is 9.56. The first kappa shape index (κ1) is 15.2. The largest absolute Gasteiger partial charge is 0.353 e. The second-order valence-corrected chi connectivity index (χ2v) is 6.64. The Labute approximate surface area is 123 Å². The lowest BCUT2D eigenvalue weighted by Crippen LogP contribution is -2.36.